The van der Waals surface area contributed by atoms with E-state index >= 15 is 0 Å². The minimum Gasteiger partial charge on any atom is -0.468 e. The quantitative estimate of drug-likeness (QED) is 0.493. The lowest BCUT2D eigenvalue weighted by Gasteiger charge is -2.06. The number of nitrogens with two attached hydrogens (primary N) is 1. The van der Waals surface area contributed by atoms with Crippen LogP contribution in [0.1, 0.15) is 22.7 Å². The maximum absolute atomic E-state index is 10.4. The van der Waals surface area contributed by atoms with Crippen LogP contribution < -0.4 is 16.4 Å². The molecule has 29 heavy (non-hydrogen) atoms. The normalized spacial score (nSPS) is 10.8. The van der Waals surface area contributed by atoms with Crippen LogP contribution in [0.3, 0.4) is 0 Å². The van der Waals surface area contributed by atoms with E-state index in [-0.39, 0.29) is 0 Å². The first-order chi connectivity index (χ1) is 14.1. The van der Waals surface area contributed by atoms with E-state index in [2.05, 4.69) is 20.6 Å². The molecule has 0 radical (unpaired) electrons. The van der Waals surface area contributed by atoms with Crippen molar-refractivity contribution in [1.29, 1.82) is 0 Å². The van der Waals surface area contributed by atoms with E-state index in [4.69, 9.17) is 33.4 Å². The Labute approximate surface area is 178 Å². The molecule has 0 aliphatic carbocycles. The number of nitrogens with zero attached hydrogens (tertiary/aromatic N) is 2. The molecule has 0 saturated heterocycles. The van der Waals surface area contributed by atoms with Gasteiger partial charge in [-0.25, -0.2) is 9.97 Å². The number of carbonyl (C=O) groups excluding carboxylic acids is 1. The molecule has 0 bridgehead atoms. The van der Waals surface area contributed by atoms with Crippen molar-refractivity contribution in [1.82, 2.24) is 20.6 Å². The lowest BCUT2D eigenvalue weighted by Crippen LogP contribution is -2.13. The summed E-state index contributed by atoms with van der Waals surface area (Å²) in [5.41, 5.74) is 7.65. The van der Waals surface area contributed by atoms with Crippen molar-refractivity contribution in [3.8, 4) is 0 Å². The van der Waals surface area contributed by atoms with Crippen LogP contribution in [0.25, 0.3) is 5.70 Å². The zero-order chi connectivity index (χ0) is 21.1. The molecule has 0 spiro atoms. The van der Waals surface area contributed by atoms with Crippen LogP contribution in [0.15, 0.2) is 59.6 Å². The molecule has 0 saturated carbocycles. The summed E-state index contributed by atoms with van der Waals surface area (Å²) in [7, 11) is 1.89. The molecule has 0 aliphatic heterocycles. The van der Waals surface area contributed by atoms with Gasteiger partial charge in [0.1, 0.15) is 11.5 Å². The van der Waals surface area contributed by atoms with Gasteiger partial charge in [0, 0.05) is 25.0 Å². The fourth-order valence-electron chi connectivity index (χ4n) is 2.31. The molecule has 9 heteroatoms. The number of carbonyl (C=O) groups is 1. The topological polar surface area (TPSA) is 106 Å². The van der Waals surface area contributed by atoms with Gasteiger partial charge in [0.15, 0.2) is 5.82 Å². The fourth-order valence-corrected chi connectivity index (χ4v) is 2.63. The van der Waals surface area contributed by atoms with Crippen LogP contribution in [0.5, 0.6) is 0 Å². The highest BCUT2D eigenvalue weighted by Gasteiger charge is 2.05. The standard InChI is InChI=1S/C14H12Cl2N4O.C6H9NO/c15-11-2-1-9(4-12(11)16)3-10-6-18-14(19-7-10)13(5-17)20-8-21;1-7-5-6-3-2-4-8-6/h1-2,4-8H,3,17H2,(H,20,21);2-4,7H,5H2,1H3/b13-5+;. The van der Waals surface area contributed by atoms with Crippen LogP contribution in [0.2, 0.25) is 10.0 Å². The predicted octanol–water partition coefficient (Wildman–Crippen LogP) is 3.38. The average Bonchev–Trinajstić information content (AvgIpc) is 3.24. The third-order valence-electron chi connectivity index (χ3n) is 3.65. The number of furan rings is 1. The average molecular weight is 434 g/mol. The molecule has 1 aromatic carbocycles. The summed E-state index contributed by atoms with van der Waals surface area (Å²) in [4.78, 5) is 18.8. The van der Waals surface area contributed by atoms with Gasteiger partial charge in [-0.05, 0) is 42.4 Å². The van der Waals surface area contributed by atoms with Crippen molar-refractivity contribution in [2.75, 3.05) is 7.05 Å². The highest BCUT2D eigenvalue weighted by Crippen LogP contribution is 2.23. The third kappa shape index (κ3) is 7.23. The Bertz CT molecular complexity index is 929. The third-order valence-corrected chi connectivity index (χ3v) is 4.39. The van der Waals surface area contributed by atoms with Crippen LogP contribution in [0, 0.1) is 0 Å². The Kier molecular flexibility index (Phi) is 9.17. The molecule has 0 atom stereocenters. The summed E-state index contributed by atoms with van der Waals surface area (Å²) in [5, 5.41) is 6.43. The van der Waals surface area contributed by atoms with Crippen LogP contribution in [-0.2, 0) is 17.8 Å². The minimum atomic E-state index is 0.350. The first-order valence-electron chi connectivity index (χ1n) is 8.61. The lowest BCUT2D eigenvalue weighted by atomic mass is 10.1. The second-order valence-electron chi connectivity index (χ2n) is 5.79. The summed E-state index contributed by atoms with van der Waals surface area (Å²) in [5.74, 6) is 1.33. The number of hydrogen-bond donors (Lipinski definition) is 3. The first-order valence-corrected chi connectivity index (χ1v) is 9.37. The number of halogens is 2. The summed E-state index contributed by atoms with van der Waals surface area (Å²) in [6.45, 7) is 0.812. The molecule has 2 aromatic heterocycles. The van der Waals surface area contributed by atoms with Gasteiger partial charge in [-0.2, -0.15) is 0 Å². The van der Waals surface area contributed by atoms with Crippen molar-refractivity contribution in [2.45, 2.75) is 13.0 Å². The van der Waals surface area contributed by atoms with Gasteiger partial charge in [-0.3, -0.25) is 4.79 Å². The van der Waals surface area contributed by atoms with E-state index in [0.717, 1.165) is 23.4 Å². The Morgan fingerprint density at radius 1 is 1.17 bits per heavy atom. The smallest absolute Gasteiger partial charge is 0.211 e. The molecule has 152 valence electrons. The molecular weight excluding hydrogens is 413 g/mol. The van der Waals surface area contributed by atoms with Gasteiger partial charge in [0.05, 0.1) is 22.9 Å². The molecule has 3 aromatic rings. The van der Waals surface area contributed by atoms with Gasteiger partial charge in [-0.1, -0.05) is 29.3 Å². The van der Waals surface area contributed by atoms with Crippen LogP contribution in [0.4, 0.5) is 0 Å². The van der Waals surface area contributed by atoms with E-state index in [9.17, 15) is 4.79 Å². The van der Waals surface area contributed by atoms with Crippen molar-refractivity contribution in [3.63, 3.8) is 0 Å². The lowest BCUT2D eigenvalue weighted by molar-refractivity contribution is -0.108. The Morgan fingerprint density at radius 3 is 2.48 bits per heavy atom. The predicted molar refractivity (Wildman–Crippen MR) is 114 cm³/mol. The minimum absolute atomic E-state index is 0.350. The van der Waals surface area contributed by atoms with Gasteiger partial charge in [0.2, 0.25) is 6.41 Å². The van der Waals surface area contributed by atoms with Crippen LogP contribution >= 0.6 is 23.2 Å². The first kappa shape index (κ1) is 22.4. The van der Waals surface area contributed by atoms with Gasteiger partial charge >= 0.3 is 0 Å². The molecular formula is C20H21Cl2N5O2. The molecule has 3 rings (SSSR count). The molecule has 4 N–H and O–H groups in total. The number of amides is 1. The Balaban J connectivity index is 0.000000313. The number of nitrogens with one attached hydrogen (secondary N) is 2. The van der Waals surface area contributed by atoms with Crippen LogP contribution in [-0.4, -0.2) is 23.4 Å². The highest BCUT2D eigenvalue weighted by atomic mass is 35.5. The summed E-state index contributed by atoms with van der Waals surface area (Å²) < 4.78 is 5.01. The monoisotopic (exact) mass is 433 g/mol. The van der Waals surface area contributed by atoms with E-state index < -0.39 is 0 Å². The number of benzene rings is 1. The van der Waals surface area contributed by atoms with Gasteiger partial charge in [0.25, 0.3) is 0 Å². The van der Waals surface area contributed by atoms with E-state index in [0.29, 0.717) is 34.4 Å². The zero-order valence-corrected chi connectivity index (χ0v) is 17.2. The number of rotatable bonds is 7. The highest BCUT2D eigenvalue weighted by molar-refractivity contribution is 6.42. The number of aromatic nitrogens is 2. The molecule has 0 aliphatic rings. The van der Waals surface area contributed by atoms with Crippen molar-refractivity contribution in [3.05, 3.63) is 87.9 Å². The van der Waals surface area contributed by atoms with E-state index in [1.807, 2.05) is 25.2 Å². The van der Waals surface area contributed by atoms with E-state index in [1.165, 1.54) is 6.20 Å². The second-order valence-corrected chi connectivity index (χ2v) is 6.61. The van der Waals surface area contributed by atoms with Crippen molar-refractivity contribution in [2.24, 2.45) is 5.73 Å². The number of hydrogen-bond acceptors (Lipinski definition) is 6. The largest absolute Gasteiger partial charge is 0.468 e. The summed E-state index contributed by atoms with van der Waals surface area (Å²) >= 11 is 11.8. The molecule has 1 amide bonds. The molecule has 0 unspecified atom stereocenters. The zero-order valence-electron chi connectivity index (χ0n) is 15.7. The maximum atomic E-state index is 10.4. The maximum Gasteiger partial charge on any atom is 0.211 e. The SMILES string of the molecule is CNCc1ccco1.N/C=C(/NC=O)c1ncc(Cc2ccc(Cl)c(Cl)c2)cn1. The molecule has 0 fully saturated rings. The van der Waals surface area contributed by atoms with Gasteiger partial charge in [-0.15, -0.1) is 0 Å². The van der Waals surface area contributed by atoms with Gasteiger partial charge < -0.3 is 20.8 Å². The fraction of sp³-hybridized carbons (Fsp3) is 0.150. The Hall–Kier alpha value is -2.87. The van der Waals surface area contributed by atoms with Crippen molar-refractivity contribution < 1.29 is 9.21 Å². The second kappa shape index (κ2) is 11.9. The van der Waals surface area contributed by atoms with Crippen molar-refractivity contribution >= 4 is 35.3 Å². The Morgan fingerprint density at radius 2 is 1.93 bits per heavy atom. The summed E-state index contributed by atoms with van der Waals surface area (Å²) in [6, 6.07) is 9.26. The summed E-state index contributed by atoms with van der Waals surface area (Å²) in [6.07, 6.45) is 7.39. The molecule has 2 heterocycles. The molecule has 7 nitrogen and oxygen atoms in total. The van der Waals surface area contributed by atoms with E-state index in [1.54, 1.807) is 30.8 Å².